The van der Waals surface area contributed by atoms with Crippen molar-refractivity contribution in [3.63, 3.8) is 0 Å². The molecule has 0 unspecified atom stereocenters. The average Bonchev–Trinajstić information content (AvgIpc) is 2.46. The first-order valence-electron chi connectivity index (χ1n) is 6.50. The van der Waals surface area contributed by atoms with Crippen molar-refractivity contribution < 1.29 is 24.0 Å². The fourth-order valence-electron chi connectivity index (χ4n) is 1.50. The number of nitrogens with one attached hydrogen (secondary N) is 3. The van der Waals surface area contributed by atoms with Gasteiger partial charge in [0, 0.05) is 5.69 Å². The Labute approximate surface area is 123 Å². The second-order valence-corrected chi connectivity index (χ2v) is 4.74. The number of methoxy groups -OCH3 is 1. The number of carbonyl (C=O) groups is 3. The third-order valence-electron chi connectivity index (χ3n) is 2.68. The van der Waals surface area contributed by atoms with Gasteiger partial charge in [-0.15, -0.1) is 0 Å². The first kappa shape index (κ1) is 16.6. The zero-order chi connectivity index (χ0) is 15.8. The summed E-state index contributed by atoms with van der Waals surface area (Å²) in [5, 5.41) is 4.98. The zero-order valence-corrected chi connectivity index (χ0v) is 12.4. The van der Waals surface area contributed by atoms with Gasteiger partial charge in [0.2, 0.25) is 0 Å². The van der Waals surface area contributed by atoms with Gasteiger partial charge in [0.15, 0.2) is 0 Å². The van der Waals surface area contributed by atoms with Crippen molar-refractivity contribution in [1.29, 1.82) is 0 Å². The summed E-state index contributed by atoms with van der Waals surface area (Å²) in [7, 11) is 5.20. The Kier molecular flexibility index (Phi) is 6.35. The van der Waals surface area contributed by atoms with Crippen LogP contribution in [0.15, 0.2) is 24.3 Å². The van der Waals surface area contributed by atoms with Gasteiger partial charge in [-0.2, -0.15) is 0 Å². The maximum absolute atomic E-state index is 11.6. The van der Waals surface area contributed by atoms with Crippen LogP contribution in [0.5, 0.6) is 0 Å². The molecule has 0 saturated heterocycles. The fourth-order valence-corrected chi connectivity index (χ4v) is 1.50. The molecule has 0 aliphatic carbocycles. The first-order chi connectivity index (χ1) is 9.93. The summed E-state index contributed by atoms with van der Waals surface area (Å²) in [6.45, 7) is 1.16. The molecule has 1 aromatic rings. The van der Waals surface area contributed by atoms with E-state index in [0.717, 1.165) is 6.54 Å². The average molecular weight is 294 g/mol. The number of anilines is 1. The SMILES string of the molecule is COC(=O)c1ccc(NC(=O)C(=O)NCC[NH+](C)C)cc1. The number of esters is 1. The molecule has 7 heteroatoms. The molecule has 1 aromatic carbocycles. The number of hydrogen-bond acceptors (Lipinski definition) is 4. The predicted octanol–water partition coefficient (Wildman–Crippen LogP) is -1.33. The summed E-state index contributed by atoms with van der Waals surface area (Å²) in [5.74, 6) is -1.89. The molecule has 0 aliphatic heterocycles. The Morgan fingerprint density at radius 1 is 1.10 bits per heavy atom. The highest BCUT2D eigenvalue weighted by molar-refractivity contribution is 6.39. The second-order valence-electron chi connectivity index (χ2n) is 4.74. The van der Waals surface area contributed by atoms with Gasteiger partial charge in [-0.3, -0.25) is 9.59 Å². The lowest BCUT2D eigenvalue weighted by Crippen LogP contribution is -3.06. The van der Waals surface area contributed by atoms with E-state index < -0.39 is 17.8 Å². The van der Waals surface area contributed by atoms with Gasteiger partial charge in [0.1, 0.15) is 0 Å². The monoisotopic (exact) mass is 294 g/mol. The summed E-state index contributed by atoms with van der Waals surface area (Å²) in [6, 6.07) is 6.08. The lowest BCUT2D eigenvalue weighted by molar-refractivity contribution is -0.856. The minimum absolute atomic E-state index is 0.369. The van der Waals surface area contributed by atoms with Crippen LogP contribution in [0, 0.1) is 0 Å². The molecule has 0 heterocycles. The number of carbonyl (C=O) groups excluding carboxylic acids is 3. The molecule has 0 aromatic heterocycles. The lowest BCUT2D eigenvalue weighted by atomic mass is 10.2. The van der Waals surface area contributed by atoms with Crippen LogP contribution in [-0.4, -0.2) is 52.1 Å². The molecule has 114 valence electrons. The van der Waals surface area contributed by atoms with Crippen LogP contribution in [0.3, 0.4) is 0 Å². The van der Waals surface area contributed by atoms with Gasteiger partial charge >= 0.3 is 17.8 Å². The normalized spacial score (nSPS) is 10.1. The summed E-state index contributed by atoms with van der Waals surface area (Å²) >= 11 is 0. The molecule has 0 bridgehead atoms. The number of rotatable bonds is 5. The van der Waals surface area contributed by atoms with Crippen molar-refractivity contribution in [2.75, 3.05) is 39.6 Å². The van der Waals surface area contributed by atoms with Crippen molar-refractivity contribution in [2.24, 2.45) is 0 Å². The molecular formula is C14H20N3O4+. The fraction of sp³-hybridized carbons (Fsp3) is 0.357. The van der Waals surface area contributed by atoms with E-state index in [0.29, 0.717) is 17.8 Å². The van der Waals surface area contributed by atoms with Gasteiger partial charge in [-0.05, 0) is 24.3 Å². The van der Waals surface area contributed by atoms with E-state index in [1.54, 1.807) is 0 Å². The zero-order valence-electron chi connectivity index (χ0n) is 12.4. The van der Waals surface area contributed by atoms with Gasteiger partial charge in [-0.25, -0.2) is 4.79 Å². The van der Waals surface area contributed by atoms with E-state index >= 15 is 0 Å². The summed E-state index contributed by atoms with van der Waals surface area (Å²) < 4.78 is 4.57. The maximum Gasteiger partial charge on any atom is 0.337 e. The summed E-state index contributed by atoms with van der Waals surface area (Å²) in [4.78, 5) is 35.6. The molecule has 2 amide bonds. The minimum Gasteiger partial charge on any atom is -0.465 e. The molecule has 21 heavy (non-hydrogen) atoms. The maximum atomic E-state index is 11.6. The summed E-state index contributed by atoms with van der Waals surface area (Å²) in [6.07, 6.45) is 0. The molecule has 7 nitrogen and oxygen atoms in total. The van der Waals surface area contributed by atoms with Gasteiger partial charge in [-0.1, -0.05) is 0 Å². The van der Waals surface area contributed by atoms with Gasteiger partial charge < -0.3 is 20.3 Å². The Bertz CT molecular complexity index is 511. The standard InChI is InChI=1S/C14H19N3O4/c1-17(2)9-8-15-12(18)13(19)16-11-6-4-10(5-7-11)14(20)21-3/h4-7H,8-9H2,1-3H3,(H,15,18)(H,16,19)/p+1. The molecule has 0 aliphatic rings. The van der Waals surface area contributed by atoms with Crippen molar-refractivity contribution in [3.8, 4) is 0 Å². The predicted molar refractivity (Wildman–Crippen MR) is 77.1 cm³/mol. The Morgan fingerprint density at radius 2 is 1.71 bits per heavy atom. The topological polar surface area (TPSA) is 88.9 Å². The molecule has 3 N–H and O–H groups in total. The highest BCUT2D eigenvalue weighted by Gasteiger charge is 2.14. The van der Waals surface area contributed by atoms with Crippen LogP contribution in [0.1, 0.15) is 10.4 Å². The Hall–Kier alpha value is -2.41. The Morgan fingerprint density at radius 3 is 2.24 bits per heavy atom. The highest BCUT2D eigenvalue weighted by Crippen LogP contribution is 2.10. The van der Waals surface area contributed by atoms with Crippen molar-refractivity contribution in [3.05, 3.63) is 29.8 Å². The Balaban J connectivity index is 2.50. The van der Waals surface area contributed by atoms with E-state index in [2.05, 4.69) is 15.4 Å². The smallest absolute Gasteiger partial charge is 0.337 e. The first-order valence-corrected chi connectivity index (χ1v) is 6.50. The van der Waals surface area contributed by atoms with Crippen LogP contribution < -0.4 is 15.5 Å². The molecular weight excluding hydrogens is 274 g/mol. The van der Waals surface area contributed by atoms with Gasteiger partial charge in [0.05, 0.1) is 39.9 Å². The van der Waals surface area contributed by atoms with Crippen LogP contribution in [0.4, 0.5) is 5.69 Å². The van der Waals surface area contributed by atoms with Crippen molar-refractivity contribution in [1.82, 2.24) is 5.32 Å². The highest BCUT2D eigenvalue weighted by atomic mass is 16.5. The van der Waals surface area contributed by atoms with Crippen LogP contribution in [-0.2, 0) is 14.3 Å². The van der Waals surface area contributed by atoms with Crippen molar-refractivity contribution >= 4 is 23.5 Å². The van der Waals surface area contributed by atoms with Crippen LogP contribution in [0.2, 0.25) is 0 Å². The van der Waals surface area contributed by atoms with Gasteiger partial charge in [0.25, 0.3) is 0 Å². The van der Waals surface area contributed by atoms with E-state index in [1.807, 2.05) is 14.1 Å². The molecule has 0 spiro atoms. The van der Waals surface area contributed by atoms with E-state index in [9.17, 15) is 14.4 Å². The third kappa shape index (κ3) is 5.62. The van der Waals surface area contributed by atoms with E-state index in [1.165, 1.54) is 36.3 Å². The third-order valence-corrected chi connectivity index (χ3v) is 2.68. The molecule has 0 fully saturated rings. The molecule has 1 rings (SSSR count). The minimum atomic E-state index is -0.741. The van der Waals surface area contributed by atoms with Crippen LogP contribution in [0.25, 0.3) is 0 Å². The van der Waals surface area contributed by atoms with Crippen molar-refractivity contribution in [2.45, 2.75) is 0 Å². The van der Waals surface area contributed by atoms with E-state index in [-0.39, 0.29) is 0 Å². The molecule has 0 saturated carbocycles. The number of amides is 2. The number of ether oxygens (including phenoxy) is 1. The quantitative estimate of drug-likeness (QED) is 0.464. The lowest BCUT2D eigenvalue weighted by Gasteiger charge is -2.09. The number of quaternary nitrogens is 1. The number of likely N-dealkylation sites (N-methyl/N-ethyl adjacent to an activating group) is 1. The summed E-state index contributed by atoms with van der Waals surface area (Å²) in [5.41, 5.74) is 0.801. The molecule has 0 radical (unpaired) electrons. The number of hydrogen-bond donors (Lipinski definition) is 3. The van der Waals surface area contributed by atoms with E-state index in [4.69, 9.17) is 0 Å². The number of benzene rings is 1. The molecule has 0 atom stereocenters. The second kappa shape index (κ2) is 8.01. The largest absolute Gasteiger partial charge is 0.465 e. The van der Waals surface area contributed by atoms with Crippen LogP contribution >= 0.6 is 0 Å².